The molecule has 4 nitrogen and oxygen atoms in total. The van der Waals surface area contributed by atoms with E-state index in [1.165, 1.54) is 5.56 Å². The van der Waals surface area contributed by atoms with Gasteiger partial charge in [-0.05, 0) is 58.4 Å². The molecule has 0 unspecified atom stereocenters. The van der Waals surface area contributed by atoms with Crippen LogP contribution in [0.3, 0.4) is 0 Å². The number of esters is 1. The fourth-order valence-electron chi connectivity index (χ4n) is 3.63. The summed E-state index contributed by atoms with van der Waals surface area (Å²) < 4.78 is 11.3. The van der Waals surface area contributed by atoms with Crippen molar-refractivity contribution in [3.8, 4) is 11.5 Å². The van der Waals surface area contributed by atoms with Crippen LogP contribution in [-0.4, -0.2) is 11.8 Å². The van der Waals surface area contributed by atoms with Crippen molar-refractivity contribution in [1.82, 2.24) is 0 Å². The van der Waals surface area contributed by atoms with Gasteiger partial charge in [-0.2, -0.15) is 0 Å². The number of hydrogen-bond acceptors (Lipinski definition) is 4. The van der Waals surface area contributed by atoms with Crippen LogP contribution in [0.4, 0.5) is 0 Å². The molecule has 0 fully saturated rings. The first-order chi connectivity index (χ1) is 15.6. The molecule has 0 aliphatic carbocycles. The maximum absolute atomic E-state index is 12.7. The van der Waals surface area contributed by atoms with Gasteiger partial charge >= 0.3 is 5.97 Å². The number of hydrogen-bond donors (Lipinski definition) is 0. The maximum Gasteiger partial charge on any atom is 0.343 e. The zero-order chi connectivity index (χ0) is 23.8. The van der Waals surface area contributed by atoms with Gasteiger partial charge in [0, 0.05) is 6.07 Å². The molecular formula is C29H28O4. The Kier molecular flexibility index (Phi) is 5.94. The Morgan fingerprint density at radius 1 is 0.939 bits per heavy atom. The van der Waals surface area contributed by atoms with E-state index >= 15 is 0 Å². The molecule has 0 amide bonds. The SMILES string of the molecule is CC(C)c1ccc(C=C2Oc3cc(OC(=O)c4ccc(C(C)(C)C)cc4)ccc3C2=O)cc1. The Morgan fingerprint density at radius 2 is 1.61 bits per heavy atom. The molecule has 33 heavy (non-hydrogen) atoms. The second-order valence-corrected chi connectivity index (χ2v) is 9.64. The van der Waals surface area contributed by atoms with Gasteiger partial charge in [0.25, 0.3) is 0 Å². The third-order valence-corrected chi connectivity index (χ3v) is 5.74. The number of carbonyl (C=O) groups excluding carboxylic acids is 2. The Labute approximate surface area is 194 Å². The topological polar surface area (TPSA) is 52.6 Å². The lowest BCUT2D eigenvalue weighted by Crippen LogP contribution is -2.12. The molecule has 3 aromatic rings. The molecule has 4 heteroatoms. The minimum absolute atomic E-state index is 0.00792. The monoisotopic (exact) mass is 440 g/mol. The van der Waals surface area contributed by atoms with E-state index in [0.717, 1.165) is 11.1 Å². The number of fused-ring (bicyclic) bond motifs is 1. The molecule has 168 valence electrons. The van der Waals surface area contributed by atoms with Crippen molar-refractivity contribution in [1.29, 1.82) is 0 Å². The highest BCUT2D eigenvalue weighted by Crippen LogP contribution is 2.35. The van der Waals surface area contributed by atoms with Crippen LogP contribution in [0.2, 0.25) is 0 Å². The summed E-state index contributed by atoms with van der Waals surface area (Å²) in [6.07, 6.45) is 1.73. The predicted molar refractivity (Wildman–Crippen MR) is 130 cm³/mol. The number of allylic oxidation sites excluding steroid dienone is 1. The third-order valence-electron chi connectivity index (χ3n) is 5.74. The lowest BCUT2D eigenvalue weighted by molar-refractivity contribution is 0.0734. The van der Waals surface area contributed by atoms with Crippen LogP contribution in [0.25, 0.3) is 6.08 Å². The Balaban J connectivity index is 1.49. The van der Waals surface area contributed by atoms with Gasteiger partial charge in [-0.3, -0.25) is 4.79 Å². The van der Waals surface area contributed by atoms with Crippen LogP contribution in [0.1, 0.15) is 77.9 Å². The van der Waals surface area contributed by atoms with Crippen LogP contribution >= 0.6 is 0 Å². The van der Waals surface area contributed by atoms with E-state index in [1.54, 1.807) is 36.4 Å². The van der Waals surface area contributed by atoms with Crippen LogP contribution in [0.15, 0.2) is 72.5 Å². The highest BCUT2D eigenvalue weighted by molar-refractivity contribution is 6.14. The first-order valence-corrected chi connectivity index (χ1v) is 11.1. The van der Waals surface area contributed by atoms with E-state index in [1.807, 2.05) is 24.3 Å². The van der Waals surface area contributed by atoms with E-state index in [0.29, 0.717) is 28.5 Å². The molecule has 0 radical (unpaired) electrons. The van der Waals surface area contributed by atoms with Gasteiger partial charge in [0.15, 0.2) is 5.76 Å². The number of ether oxygens (including phenoxy) is 2. The number of Topliss-reactive ketones (excluding diaryl/α,β-unsaturated/α-hetero) is 1. The summed E-state index contributed by atoms with van der Waals surface area (Å²) in [6.45, 7) is 10.6. The zero-order valence-corrected chi connectivity index (χ0v) is 19.6. The lowest BCUT2D eigenvalue weighted by atomic mass is 9.87. The highest BCUT2D eigenvalue weighted by atomic mass is 16.5. The zero-order valence-electron chi connectivity index (χ0n) is 19.6. The predicted octanol–water partition coefficient (Wildman–Crippen LogP) is 6.94. The number of ketones is 1. The molecule has 0 bridgehead atoms. The summed E-state index contributed by atoms with van der Waals surface area (Å²) in [4.78, 5) is 25.3. The number of rotatable bonds is 4. The number of benzene rings is 3. The standard InChI is InChI=1S/C29H28O4/c1-18(2)20-8-6-19(7-9-20)16-26-27(30)24-15-14-23(17-25(24)33-26)32-28(31)21-10-12-22(13-11-21)29(3,4)5/h6-18H,1-5H3. The Bertz CT molecular complexity index is 1220. The summed E-state index contributed by atoms with van der Waals surface area (Å²) in [5.74, 6) is 0.767. The van der Waals surface area contributed by atoms with Crippen LogP contribution < -0.4 is 9.47 Å². The molecule has 0 saturated heterocycles. The third kappa shape index (κ3) is 4.90. The molecule has 1 aliphatic heterocycles. The second-order valence-electron chi connectivity index (χ2n) is 9.64. The highest BCUT2D eigenvalue weighted by Gasteiger charge is 2.28. The van der Waals surface area contributed by atoms with E-state index in [9.17, 15) is 9.59 Å². The second kappa shape index (κ2) is 8.70. The first kappa shape index (κ1) is 22.5. The van der Waals surface area contributed by atoms with Crippen molar-refractivity contribution >= 4 is 17.8 Å². The van der Waals surface area contributed by atoms with Gasteiger partial charge in [-0.25, -0.2) is 4.79 Å². The van der Waals surface area contributed by atoms with Gasteiger partial charge in [0.1, 0.15) is 11.5 Å². The van der Waals surface area contributed by atoms with Crippen molar-refractivity contribution in [2.45, 2.75) is 46.0 Å². The fraction of sp³-hybridized carbons (Fsp3) is 0.241. The van der Waals surface area contributed by atoms with Crippen molar-refractivity contribution in [3.63, 3.8) is 0 Å². The lowest BCUT2D eigenvalue weighted by Gasteiger charge is -2.18. The number of carbonyl (C=O) groups is 2. The van der Waals surface area contributed by atoms with E-state index in [2.05, 4.69) is 46.8 Å². The van der Waals surface area contributed by atoms with Crippen molar-refractivity contribution < 1.29 is 19.1 Å². The normalized spacial score (nSPS) is 14.4. The van der Waals surface area contributed by atoms with Crippen LogP contribution in [0.5, 0.6) is 11.5 Å². The Hall–Kier alpha value is -3.66. The van der Waals surface area contributed by atoms with Crippen molar-refractivity contribution in [3.05, 3.63) is 100 Å². The van der Waals surface area contributed by atoms with Gasteiger partial charge in [0.2, 0.25) is 5.78 Å². The molecule has 4 rings (SSSR count). The molecule has 0 atom stereocenters. The van der Waals surface area contributed by atoms with Gasteiger partial charge in [-0.1, -0.05) is 71.0 Å². The molecule has 0 N–H and O–H groups in total. The molecule has 0 spiro atoms. The molecule has 3 aromatic carbocycles. The van der Waals surface area contributed by atoms with E-state index in [-0.39, 0.29) is 17.0 Å². The summed E-state index contributed by atoms with van der Waals surface area (Å²) >= 11 is 0. The van der Waals surface area contributed by atoms with Crippen LogP contribution in [0, 0.1) is 0 Å². The maximum atomic E-state index is 12.7. The minimum Gasteiger partial charge on any atom is -0.452 e. The fourth-order valence-corrected chi connectivity index (χ4v) is 3.63. The van der Waals surface area contributed by atoms with Crippen molar-refractivity contribution in [2.24, 2.45) is 0 Å². The summed E-state index contributed by atoms with van der Waals surface area (Å²) in [5, 5.41) is 0. The quantitative estimate of drug-likeness (QED) is 0.250. The molecular weight excluding hydrogens is 412 g/mol. The summed E-state index contributed by atoms with van der Waals surface area (Å²) in [5.41, 5.74) is 4.19. The molecule has 0 saturated carbocycles. The van der Waals surface area contributed by atoms with E-state index < -0.39 is 5.97 Å². The molecule has 1 aliphatic rings. The summed E-state index contributed by atoms with van der Waals surface area (Å²) in [7, 11) is 0. The van der Waals surface area contributed by atoms with Gasteiger partial charge in [-0.15, -0.1) is 0 Å². The smallest absolute Gasteiger partial charge is 0.343 e. The minimum atomic E-state index is -0.458. The van der Waals surface area contributed by atoms with E-state index in [4.69, 9.17) is 9.47 Å². The summed E-state index contributed by atoms with van der Waals surface area (Å²) in [6, 6.07) is 20.3. The van der Waals surface area contributed by atoms with Gasteiger partial charge in [0.05, 0.1) is 11.1 Å². The largest absolute Gasteiger partial charge is 0.452 e. The average Bonchev–Trinajstić information content (AvgIpc) is 3.08. The molecule has 0 aromatic heterocycles. The van der Waals surface area contributed by atoms with Crippen LogP contribution in [-0.2, 0) is 5.41 Å². The Morgan fingerprint density at radius 3 is 2.21 bits per heavy atom. The molecule has 1 heterocycles. The average molecular weight is 441 g/mol. The van der Waals surface area contributed by atoms with Gasteiger partial charge < -0.3 is 9.47 Å². The first-order valence-electron chi connectivity index (χ1n) is 11.1. The van der Waals surface area contributed by atoms with Crippen molar-refractivity contribution in [2.75, 3.05) is 0 Å².